The highest BCUT2D eigenvalue weighted by Gasteiger charge is 2.28. The van der Waals surface area contributed by atoms with Crippen molar-refractivity contribution in [3.63, 3.8) is 0 Å². The van der Waals surface area contributed by atoms with Gasteiger partial charge in [-0.05, 0) is 19.3 Å². The number of amides is 1. The van der Waals surface area contributed by atoms with Gasteiger partial charge in [-0.1, -0.05) is 30.6 Å². The van der Waals surface area contributed by atoms with Gasteiger partial charge >= 0.3 is 0 Å². The standard InChI is InChI=1S/C19H31N5O2/c1-2-3-9-23-16-18(20-21-23)24(11-10-22-12-14-26-15-13-22)19(25)17-7-5-4-6-8-17/h2,16-17H,1,3-15H2. The molecule has 0 spiro atoms. The number of allylic oxidation sites excluding steroid dienone is 1. The first-order valence-corrected chi connectivity index (χ1v) is 9.90. The first kappa shape index (κ1) is 19.0. The average Bonchev–Trinajstić information content (AvgIpc) is 3.16. The van der Waals surface area contributed by atoms with Crippen LogP contribution in [0.3, 0.4) is 0 Å². The summed E-state index contributed by atoms with van der Waals surface area (Å²) in [5.41, 5.74) is 0. The highest BCUT2D eigenvalue weighted by Crippen LogP contribution is 2.27. The fraction of sp³-hybridized carbons (Fsp3) is 0.737. The van der Waals surface area contributed by atoms with Crippen molar-refractivity contribution in [2.75, 3.05) is 44.3 Å². The largest absolute Gasteiger partial charge is 0.379 e. The number of aryl methyl sites for hydroxylation is 1. The first-order valence-electron chi connectivity index (χ1n) is 9.90. The van der Waals surface area contributed by atoms with E-state index in [1.807, 2.05) is 17.2 Å². The monoisotopic (exact) mass is 361 g/mol. The van der Waals surface area contributed by atoms with Gasteiger partial charge in [0.2, 0.25) is 5.91 Å². The maximum atomic E-state index is 13.2. The number of nitrogens with zero attached hydrogens (tertiary/aromatic N) is 5. The SMILES string of the molecule is C=CCCn1cc(N(CCN2CCOCC2)C(=O)C2CCCCC2)nn1. The number of carbonyl (C=O) groups is 1. The smallest absolute Gasteiger partial charge is 0.231 e. The van der Waals surface area contributed by atoms with Gasteiger partial charge < -0.3 is 4.74 Å². The summed E-state index contributed by atoms with van der Waals surface area (Å²) < 4.78 is 7.22. The Morgan fingerprint density at radius 2 is 2.04 bits per heavy atom. The summed E-state index contributed by atoms with van der Waals surface area (Å²) in [4.78, 5) is 17.4. The minimum atomic E-state index is 0.131. The van der Waals surface area contributed by atoms with Gasteiger partial charge in [0.15, 0.2) is 5.82 Å². The van der Waals surface area contributed by atoms with Crippen molar-refractivity contribution < 1.29 is 9.53 Å². The molecule has 1 amide bonds. The second-order valence-corrected chi connectivity index (χ2v) is 7.20. The number of anilines is 1. The lowest BCUT2D eigenvalue weighted by atomic mass is 9.88. The van der Waals surface area contributed by atoms with E-state index >= 15 is 0 Å². The van der Waals surface area contributed by atoms with Gasteiger partial charge in [-0.3, -0.25) is 19.3 Å². The van der Waals surface area contributed by atoms with Gasteiger partial charge in [-0.2, -0.15) is 0 Å². The Morgan fingerprint density at radius 3 is 2.77 bits per heavy atom. The van der Waals surface area contributed by atoms with Crippen LogP contribution in [0.25, 0.3) is 0 Å². The molecule has 0 aromatic carbocycles. The molecule has 1 saturated carbocycles. The Labute approximate surface area is 156 Å². The van der Waals surface area contributed by atoms with Crippen LogP contribution in [0, 0.1) is 5.92 Å². The van der Waals surface area contributed by atoms with E-state index in [2.05, 4.69) is 21.8 Å². The third kappa shape index (κ3) is 5.14. The summed E-state index contributed by atoms with van der Waals surface area (Å²) in [6.45, 7) is 9.40. The number of ether oxygens (including phenoxy) is 1. The molecule has 0 N–H and O–H groups in total. The van der Waals surface area contributed by atoms with Crippen molar-refractivity contribution in [1.29, 1.82) is 0 Å². The summed E-state index contributed by atoms with van der Waals surface area (Å²) in [6.07, 6.45) is 10.1. The van der Waals surface area contributed by atoms with Crippen LogP contribution in [0.5, 0.6) is 0 Å². The molecule has 1 saturated heterocycles. The van der Waals surface area contributed by atoms with Crippen LogP contribution in [0.2, 0.25) is 0 Å². The van der Waals surface area contributed by atoms with Gasteiger partial charge in [0.05, 0.1) is 19.4 Å². The van der Waals surface area contributed by atoms with E-state index in [0.717, 1.165) is 71.5 Å². The van der Waals surface area contributed by atoms with Crippen LogP contribution >= 0.6 is 0 Å². The molecule has 0 atom stereocenters. The van der Waals surface area contributed by atoms with Gasteiger partial charge in [-0.25, -0.2) is 0 Å². The molecule has 0 radical (unpaired) electrons. The van der Waals surface area contributed by atoms with Crippen molar-refractivity contribution in [1.82, 2.24) is 19.9 Å². The highest BCUT2D eigenvalue weighted by atomic mass is 16.5. The summed E-state index contributed by atoms with van der Waals surface area (Å²) >= 11 is 0. The number of carbonyl (C=O) groups excluding carboxylic acids is 1. The van der Waals surface area contributed by atoms with E-state index in [1.165, 1.54) is 6.42 Å². The predicted octanol–water partition coefficient (Wildman–Crippen LogP) is 2.10. The van der Waals surface area contributed by atoms with Crippen LogP contribution in [0.4, 0.5) is 5.82 Å². The lowest BCUT2D eigenvalue weighted by Gasteiger charge is -2.31. The van der Waals surface area contributed by atoms with Gasteiger partial charge in [-0.15, -0.1) is 11.7 Å². The van der Waals surface area contributed by atoms with Crippen LogP contribution in [-0.4, -0.2) is 65.2 Å². The van der Waals surface area contributed by atoms with E-state index in [0.29, 0.717) is 12.4 Å². The highest BCUT2D eigenvalue weighted by molar-refractivity contribution is 5.94. The lowest BCUT2D eigenvalue weighted by molar-refractivity contribution is -0.123. The minimum absolute atomic E-state index is 0.131. The molecule has 3 rings (SSSR count). The Morgan fingerprint density at radius 1 is 1.27 bits per heavy atom. The second-order valence-electron chi connectivity index (χ2n) is 7.20. The topological polar surface area (TPSA) is 63.5 Å². The molecule has 1 aliphatic heterocycles. The minimum Gasteiger partial charge on any atom is -0.379 e. The van der Waals surface area contributed by atoms with E-state index in [-0.39, 0.29) is 11.8 Å². The van der Waals surface area contributed by atoms with Crippen molar-refractivity contribution >= 4 is 11.7 Å². The quantitative estimate of drug-likeness (QED) is 0.664. The molecule has 2 heterocycles. The Balaban J connectivity index is 1.68. The van der Waals surface area contributed by atoms with E-state index in [4.69, 9.17) is 4.74 Å². The van der Waals surface area contributed by atoms with Crippen LogP contribution < -0.4 is 4.90 Å². The zero-order valence-electron chi connectivity index (χ0n) is 15.7. The number of hydrogen-bond acceptors (Lipinski definition) is 5. The summed E-state index contributed by atoms with van der Waals surface area (Å²) in [5, 5.41) is 8.48. The van der Waals surface area contributed by atoms with Crippen LogP contribution in [0.1, 0.15) is 38.5 Å². The zero-order valence-corrected chi connectivity index (χ0v) is 15.7. The zero-order chi connectivity index (χ0) is 18.2. The van der Waals surface area contributed by atoms with Crippen molar-refractivity contribution in [2.45, 2.75) is 45.1 Å². The van der Waals surface area contributed by atoms with Gasteiger partial charge in [0.1, 0.15) is 0 Å². The molecule has 1 aromatic rings. The molecule has 0 bridgehead atoms. The normalized spacial score (nSPS) is 19.4. The molecule has 2 aliphatic rings. The Hall–Kier alpha value is -1.73. The average molecular weight is 361 g/mol. The molecule has 2 fully saturated rings. The van der Waals surface area contributed by atoms with E-state index < -0.39 is 0 Å². The van der Waals surface area contributed by atoms with Crippen LogP contribution in [0.15, 0.2) is 18.9 Å². The number of rotatable bonds is 8. The van der Waals surface area contributed by atoms with E-state index in [1.54, 1.807) is 4.68 Å². The van der Waals surface area contributed by atoms with Gasteiger partial charge in [0.25, 0.3) is 0 Å². The molecule has 1 aromatic heterocycles. The third-order valence-electron chi connectivity index (χ3n) is 5.33. The molecule has 144 valence electrons. The predicted molar refractivity (Wildman–Crippen MR) is 101 cm³/mol. The lowest BCUT2D eigenvalue weighted by Crippen LogP contribution is -2.45. The number of morpholine rings is 1. The maximum Gasteiger partial charge on any atom is 0.231 e. The first-order chi connectivity index (χ1) is 12.8. The van der Waals surface area contributed by atoms with Crippen molar-refractivity contribution in [2.24, 2.45) is 5.92 Å². The maximum absolute atomic E-state index is 13.2. The molecule has 7 nitrogen and oxygen atoms in total. The van der Waals surface area contributed by atoms with Crippen molar-refractivity contribution in [3.8, 4) is 0 Å². The summed E-state index contributed by atoms with van der Waals surface area (Å²) in [6, 6.07) is 0. The molecule has 7 heteroatoms. The molecular weight excluding hydrogens is 330 g/mol. The second kappa shape index (κ2) is 9.83. The summed E-state index contributed by atoms with van der Waals surface area (Å²) in [7, 11) is 0. The number of aromatic nitrogens is 3. The van der Waals surface area contributed by atoms with Crippen LogP contribution in [-0.2, 0) is 16.1 Å². The molecule has 1 aliphatic carbocycles. The van der Waals surface area contributed by atoms with E-state index in [9.17, 15) is 4.79 Å². The van der Waals surface area contributed by atoms with Gasteiger partial charge in [0, 0.05) is 38.6 Å². The third-order valence-corrected chi connectivity index (χ3v) is 5.33. The number of hydrogen-bond donors (Lipinski definition) is 0. The fourth-order valence-electron chi connectivity index (χ4n) is 3.72. The fourth-order valence-corrected chi connectivity index (χ4v) is 3.72. The van der Waals surface area contributed by atoms with Crippen molar-refractivity contribution in [3.05, 3.63) is 18.9 Å². The molecular formula is C19H31N5O2. The molecule has 0 unspecified atom stereocenters. The Kier molecular flexibility index (Phi) is 7.20. The summed E-state index contributed by atoms with van der Waals surface area (Å²) in [5.74, 6) is 1.03. The Bertz CT molecular complexity index is 576. The molecule has 26 heavy (non-hydrogen) atoms.